The van der Waals surface area contributed by atoms with Gasteiger partial charge in [-0.3, -0.25) is 0 Å². The van der Waals surface area contributed by atoms with Crippen LogP contribution in [0.25, 0.3) is 5.69 Å². The Balaban J connectivity index is 1.63. The fourth-order valence-electron chi connectivity index (χ4n) is 3.47. The van der Waals surface area contributed by atoms with Crippen LogP contribution in [0.3, 0.4) is 0 Å². The molecule has 6 nitrogen and oxygen atoms in total. The van der Waals surface area contributed by atoms with Gasteiger partial charge in [-0.15, -0.1) is 0 Å². The number of hydrogen-bond donors (Lipinski definition) is 2. The van der Waals surface area contributed by atoms with Gasteiger partial charge >= 0.3 is 5.97 Å². The van der Waals surface area contributed by atoms with Crippen molar-refractivity contribution < 1.29 is 9.90 Å². The van der Waals surface area contributed by atoms with Crippen LogP contribution in [0.2, 0.25) is 0 Å². The molecule has 0 atom stereocenters. The number of hydrogen-bond acceptors (Lipinski definition) is 3. The number of aryl methyl sites for hydroxylation is 1. The zero-order valence-corrected chi connectivity index (χ0v) is 18.1. The third-order valence-corrected chi connectivity index (χ3v) is 5.89. The van der Waals surface area contributed by atoms with Crippen LogP contribution < -0.4 is 5.32 Å². The van der Waals surface area contributed by atoms with Gasteiger partial charge in [0, 0.05) is 35.2 Å². The highest BCUT2D eigenvalue weighted by atomic mass is 79.9. The number of nitrogens with zero attached hydrogens (tertiary/aromatic N) is 3. The Morgan fingerprint density at radius 2 is 1.93 bits per heavy atom. The van der Waals surface area contributed by atoms with E-state index in [1.165, 1.54) is 0 Å². The van der Waals surface area contributed by atoms with Crippen molar-refractivity contribution in [3.8, 4) is 5.69 Å². The van der Waals surface area contributed by atoms with Crippen LogP contribution in [-0.2, 0) is 13.0 Å². The molecule has 3 aromatic rings. The van der Waals surface area contributed by atoms with E-state index >= 15 is 0 Å². The lowest BCUT2D eigenvalue weighted by molar-refractivity contribution is 0.0688. The molecule has 0 spiro atoms. The molecule has 4 rings (SSSR count). The molecule has 1 aromatic heterocycles. The summed E-state index contributed by atoms with van der Waals surface area (Å²) in [7, 11) is 0. The Morgan fingerprint density at radius 1 is 1.21 bits per heavy atom. The van der Waals surface area contributed by atoms with Crippen LogP contribution in [0.4, 0.5) is 5.69 Å². The van der Waals surface area contributed by atoms with E-state index in [2.05, 4.69) is 26.3 Å². The zero-order chi connectivity index (χ0) is 20.5. The predicted molar refractivity (Wildman–Crippen MR) is 120 cm³/mol. The van der Waals surface area contributed by atoms with Crippen molar-refractivity contribution in [2.24, 2.45) is 0 Å². The van der Waals surface area contributed by atoms with Crippen molar-refractivity contribution in [1.29, 1.82) is 0 Å². The molecule has 148 valence electrons. The fourth-order valence-corrected chi connectivity index (χ4v) is 4.00. The molecule has 0 amide bonds. The highest BCUT2D eigenvalue weighted by Gasteiger charge is 2.29. The van der Waals surface area contributed by atoms with Gasteiger partial charge in [-0.2, -0.15) is 5.10 Å². The van der Waals surface area contributed by atoms with Crippen molar-refractivity contribution >= 4 is 44.9 Å². The standard InChI is InChI=1S/C21H19BrN4O2S/c1-13-4-2-3-5-17(13)23-21(29)25-11-10-18-16(12-25)19(20(27)28)24-26(18)15-8-6-14(22)7-9-15/h2-9H,10-12H2,1H3,(H,23,29)(H,27,28). The number of aromatic carboxylic acids is 1. The number of carboxylic acid groups (broad SMARTS) is 1. The highest BCUT2D eigenvalue weighted by Crippen LogP contribution is 2.27. The predicted octanol–water partition coefficient (Wildman–Crippen LogP) is 4.40. The van der Waals surface area contributed by atoms with Crippen molar-refractivity contribution in [3.63, 3.8) is 0 Å². The Morgan fingerprint density at radius 3 is 2.62 bits per heavy atom. The summed E-state index contributed by atoms with van der Waals surface area (Å²) in [5, 5.41) is 17.9. The topological polar surface area (TPSA) is 70.4 Å². The number of thiocarbonyl (C=S) groups is 1. The number of carboxylic acids is 1. The number of halogens is 1. The molecule has 0 radical (unpaired) electrons. The minimum atomic E-state index is -1.03. The van der Waals surface area contributed by atoms with Gasteiger partial charge in [0.15, 0.2) is 10.8 Å². The lowest BCUT2D eigenvalue weighted by Gasteiger charge is -2.30. The van der Waals surface area contributed by atoms with Crippen LogP contribution >= 0.6 is 28.1 Å². The Bertz CT molecular complexity index is 1090. The molecule has 1 aliphatic heterocycles. The number of aromatic nitrogens is 2. The van der Waals surface area contributed by atoms with Crippen LogP contribution in [0.1, 0.15) is 27.3 Å². The van der Waals surface area contributed by atoms with Crippen molar-refractivity contribution in [2.45, 2.75) is 19.9 Å². The summed E-state index contributed by atoms with van der Waals surface area (Å²) >= 11 is 9.03. The van der Waals surface area contributed by atoms with E-state index in [9.17, 15) is 9.90 Å². The molecule has 2 heterocycles. The molecule has 0 bridgehead atoms. The number of para-hydroxylation sites is 1. The second-order valence-corrected chi connectivity index (χ2v) is 8.19. The van der Waals surface area contributed by atoms with E-state index in [1.54, 1.807) is 4.68 Å². The number of fused-ring (bicyclic) bond motifs is 1. The average Bonchev–Trinajstić information content (AvgIpc) is 3.09. The summed E-state index contributed by atoms with van der Waals surface area (Å²) in [5.41, 5.74) is 4.59. The second kappa shape index (κ2) is 7.96. The first-order valence-electron chi connectivity index (χ1n) is 9.15. The fraction of sp³-hybridized carbons (Fsp3) is 0.190. The van der Waals surface area contributed by atoms with E-state index in [-0.39, 0.29) is 5.69 Å². The zero-order valence-electron chi connectivity index (χ0n) is 15.7. The largest absolute Gasteiger partial charge is 0.476 e. The van der Waals surface area contributed by atoms with Crippen LogP contribution in [-0.4, -0.2) is 37.4 Å². The maximum atomic E-state index is 11.8. The minimum absolute atomic E-state index is 0.0753. The summed E-state index contributed by atoms with van der Waals surface area (Å²) in [5.74, 6) is -1.03. The number of nitrogens with one attached hydrogen (secondary N) is 1. The molecular formula is C21H19BrN4O2S. The first-order chi connectivity index (χ1) is 13.9. The lowest BCUT2D eigenvalue weighted by atomic mass is 10.1. The van der Waals surface area contributed by atoms with E-state index in [0.717, 1.165) is 27.1 Å². The Hall–Kier alpha value is -2.71. The maximum Gasteiger partial charge on any atom is 0.356 e. The summed E-state index contributed by atoms with van der Waals surface area (Å²) in [6, 6.07) is 15.6. The van der Waals surface area contributed by atoms with Crippen LogP contribution in [0, 0.1) is 6.92 Å². The van der Waals surface area contributed by atoms with Gasteiger partial charge in [0.1, 0.15) is 0 Å². The number of anilines is 1. The summed E-state index contributed by atoms with van der Waals surface area (Å²) < 4.78 is 2.69. The van der Waals surface area contributed by atoms with E-state index in [1.807, 2.05) is 60.4 Å². The average molecular weight is 471 g/mol. The van der Waals surface area contributed by atoms with Crippen LogP contribution in [0.15, 0.2) is 53.0 Å². The lowest BCUT2D eigenvalue weighted by Crippen LogP contribution is -2.39. The van der Waals surface area contributed by atoms with Gasteiger partial charge in [-0.1, -0.05) is 34.1 Å². The molecule has 1 aliphatic rings. The quantitative estimate of drug-likeness (QED) is 0.552. The molecule has 8 heteroatoms. The second-order valence-electron chi connectivity index (χ2n) is 6.88. The van der Waals surface area contributed by atoms with Gasteiger partial charge in [-0.05, 0) is 55.0 Å². The van der Waals surface area contributed by atoms with Gasteiger partial charge in [0.2, 0.25) is 0 Å². The smallest absolute Gasteiger partial charge is 0.356 e. The number of carbonyl (C=O) groups is 1. The van der Waals surface area contributed by atoms with E-state index < -0.39 is 5.97 Å². The maximum absolute atomic E-state index is 11.8. The highest BCUT2D eigenvalue weighted by molar-refractivity contribution is 9.10. The van der Waals surface area contributed by atoms with Gasteiger partial charge < -0.3 is 15.3 Å². The summed E-state index contributed by atoms with van der Waals surface area (Å²) in [4.78, 5) is 13.8. The van der Waals surface area contributed by atoms with Gasteiger partial charge in [0.25, 0.3) is 0 Å². The van der Waals surface area contributed by atoms with Crippen molar-refractivity contribution in [1.82, 2.24) is 14.7 Å². The first kappa shape index (κ1) is 19.6. The Labute approximate surface area is 182 Å². The first-order valence-corrected chi connectivity index (χ1v) is 10.4. The minimum Gasteiger partial charge on any atom is -0.476 e. The molecular weight excluding hydrogens is 452 g/mol. The number of benzene rings is 2. The normalized spacial score (nSPS) is 13.1. The van der Waals surface area contributed by atoms with E-state index in [4.69, 9.17) is 12.2 Å². The summed E-state index contributed by atoms with van der Waals surface area (Å²) in [6.07, 6.45) is 0.654. The number of rotatable bonds is 3. The summed E-state index contributed by atoms with van der Waals surface area (Å²) in [6.45, 7) is 3.11. The molecule has 2 N–H and O–H groups in total. The van der Waals surface area contributed by atoms with Crippen molar-refractivity contribution in [3.05, 3.63) is 75.5 Å². The van der Waals surface area contributed by atoms with Gasteiger partial charge in [0.05, 0.1) is 11.4 Å². The SMILES string of the molecule is Cc1ccccc1NC(=S)N1CCc2c(c(C(=O)O)nn2-c2ccc(Br)cc2)C1. The van der Waals surface area contributed by atoms with Gasteiger partial charge in [-0.25, -0.2) is 9.48 Å². The van der Waals surface area contributed by atoms with Crippen molar-refractivity contribution in [2.75, 3.05) is 11.9 Å². The molecule has 0 saturated heterocycles. The Kier molecular flexibility index (Phi) is 5.38. The third kappa shape index (κ3) is 3.90. The molecule has 0 aliphatic carbocycles. The molecule has 0 saturated carbocycles. The molecule has 0 unspecified atom stereocenters. The monoisotopic (exact) mass is 470 g/mol. The van der Waals surface area contributed by atoms with Crippen LogP contribution in [0.5, 0.6) is 0 Å². The molecule has 0 fully saturated rings. The molecule has 2 aromatic carbocycles. The van der Waals surface area contributed by atoms with E-state index in [0.29, 0.717) is 30.2 Å². The third-order valence-electron chi connectivity index (χ3n) is 5.01. The molecule has 29 heavy (non-hydrogen) atoms.